The van der Waals surface area contributed by atoms with Crippen molar-refractivity contribution in [2.24, 2.45) is 11.7 Å². The molecule has 1 saturated carbocycles. The summed E-state index contributed by atoms with van der Waals surface area (Å²) >= 11 is 0. The molecule has 4 heteroatoms. The Labute approximate surface area is 126 Å². The molecule has 2 unspecified atom stereocenters. The van der Waals surface area contributed by atoms with Gasteiger partial charge in [0.2, 0.25) is 5.91 Å². The first-order chi connectivity index (χ1) is 10.2. The Balaban J connectivity index is 2.05. The molecular formula is C17H25FN2O. The largest absolute Gasteiger partial charge is 0.339 e. The fraction of sp³-hybridized carbons (Fsp3) is 0.588. The van der Waals surface area contributed by atoms with Crippen LogP contribution in [0.2, 0.25) is 0 Å². The highest BCUT2D eigenvalue weighted by atomic mass is 19.1. The summed E-state index contributed by atoms with van der Waals surface area (Å²) in [6, 6.07) is 6.44. The molecule has 1 aromatic carbocycles. The van der Waals surface area contributed by atoms with E-state index in [0.29, 0.717) is 25.4 Å². The van der Waals surface area contributed by atoms with E-state index in [2.05, 4.69) is 0 Å². The highest BCUT2D eigenvalue weighted by Crippen LogP contribution is 2.28. The van der Waals surface area contributed by atoms with Gasteiger partial charge in [-0.05, 0) is 49.9 Å². The standard InChI is InChI=1S/C17H25FN2O/c1-2-20(16-6-4-3-5-14(16)12-19)17(21)11-13-7-9-15(18)10-8-13/h7-10,14,16H,2-6,11-12,19H2,1H3. The number of halogens is 1. The van der Waals surface area contributed by atoms with E-state index in [1.807, 2.05) is 11.8 Å². The van der Waals surface area contributed by atoms with E-state index in [4.69, 9.17) is 5.73 Å². The van der Waals surface area contributed by atoms with Gasteiger partial charge in [0.25, 0.3) is 0 Å². The van der Waals surface area contributed by atoms with E-state index in [1.165, 1.54) is 25.0 Å². The Morgan fingerprint density at radius 3 is 2.57 bits per heavy atom. The lowest BCUT2D eigenvalue weighted by molar-refractivity contribution is -0.134. The van der Waals surface area contributed by atoms with Gasteiger partial charge in [0.1, 0.15) is 5.82 Å². The lowest BCUT2D eigenvalue weighted by Crippen LogP contribution is -2.48. The van der Waals surface area contributed by atoms with Crippen LogP contribution in [0.15, 0.2) is 24.3 Å². The first-order valence-corrected chi connectivity index (χ1v) is 7.89. The van der Waals surface area contributed by atoms with Crippen LogP contribution in [0, 0.1) is 11.7 Å². The van der Waals surface area contributed by atoms with E-state index < -0.39 is 0 Å². The Bertz CT molecular complexity index is 460. The van der Waals surface area contributed by atoms with Crippen molar-refractivity contribution in [2.75, 3.05) is 13.1 Å². The minimum Gasteiger partial charge on any atom is -0.339 e. The molecule has 0 saturated heterocycles. The molecule has 1 amide bonds. The average Bonchev–Trinajstić information content (AvgIpc) is 2.51. The molecule has 1 aliphatic rings. The minimum absolute atomic E-state index is 0.120. The first kappa shape index (κ1) is 16.0. The lowest BCUT2D eigenvalue weighted by atomic mass is 9.83. The fourth-order valence-electron chi connectivity index (χ4n) is 3.35. The Morgan fingerprint density at radius 1 is 1.29 bits per heavy atom. The van der Waals surface area contributed by atoms with Crippen LogP contribution in [0.4, 0.5) is 4.39 Å². The van der Waals surface area contributed by atoms with Crippen LogP contribution in [-0.4, -0.2) is 29.9 Å². The molecule has 1 aromatic rings. The number of likely N-dealkylation sites (N-methyl/N-ethyl adjacent to an activating group) is 1. The summed E-state index contributed by atoms with van der Waals surface area (Å²) in [5.74, 6) is 0.263. The number of amides is 1. The quantitative estimate of drug-likeness (QED) is 0.907. The Hall–Kier alpha value is -1.42. The number of hydrogen-bond acceptors (Lipinski definition) is 2. The van der Waals surface area contributed by atoms with Gasteiger partial charge in [-0.25, -0.2) is 4.39 Å². The van der Waals surface area contributed by atoms with Gasteiger partial charge in [-0.15, -0.1) is 0 Å². The molecule has 21 heavy (non-hydrogen) atoms. The van der Waals surface area contributed by atoms with E-state index in [9.17, 15) is 9.18 Å². The molecule has 0 aliphatic heterocycles. The number of carbonyl (C=O) groups is 1. The van der Waals surface area contributed by atoms with Crippen LogP contribution in [0.25, 0.3) is 0 Å². The number of rotatable bonds is 5. The summed E-state index contributed by atoms with van der Waals surface area (Å²) in [6.07, 6.45) is 4.87. The molecular weight excluding hydrogens is 267 g/mol. The minimum atomic E-state index is -0.269. The third-order valence-corrected chi connectivity index (χ3v) is 4.50. The monoisotopic (exact) mass is 292 g/mol. The van der Waals surface area contributed by atoms with Gasteiger partial charge in [0.15, 0.2) is 0 Å². The molecule has 0 spiro atoms. The van der Waals surface area contributed by atoms with Crippen molar-refractivity contribution in [3.05, 3.63) is 35.6 Å². The Kier molecular flexibility index (Phi) is 5.74. The summed E-state index contributed by atoms with van der Waals surface area (Å²) in [6.45, 7) is 3.37. The second-order valence-electron chi connectivity index (χ2n) is 5.83. The van der Waals surface area contributed by atoms with Crippen molar-refractivity contribution < 1.29 is 9.18 Å². The van der Waals surface area contributed by atoms with E-state index in [0.717, 1.165) is 18.4 Å². The van der Waals surface area contributed by atoms with Crippen molar-refractivity contribution in [3.63, 3.8) is 0 Å². The molecule has 2 N–H and O–H groups in total. The van der Waals surface area contributed by atoms with Crippen molar-refractivity contribution >= 4 is 5.91 Å². The zero-order valence-electron chi connectivity index (χ0n) is 12.7. The number of carbonyl (C=O) groups excluding carboxylic acids is 1. The van der Waals surface area contributed by atoms with Crippen molar-refractivity contribution in [1.29, 1.82) is 0 Å². The normalized spacial score (nSPS) is 22.0. The predicted octanol–water partition coefficient (Wildman–Crippen LogP) is 2.73. The third-order valence-electron chi connectivity index (χ3n) is 4.50. The van der Waals surface area contributed by atoms with Gasteiger partial charge in [-0.2, -0.15) is 0 Å². The number of hydrogen-bond donors (Lipinski definition) is 1. The van der Waals surface area contributed by atoms with Crippen LogP contribution in [0.1, 0.15) is 38.2 Å². The van der Waals surface area contributed by atoms with E-state index in [1.54, 1.807) is 12.1 Å². The molecule has 0 heterocycles. The van der Waals surface area contributed by atoms with Crippen LogP contribution in [0.5, 0.6) is 0 Å². The van der Waals surface area contributed by atoms with Gasteiger partial charge in [-0.3, -0.25) is 4.79 Å². The fourth-order valence-corrected chi connectivity index (χ4v) is 3.35. The summed E-state index contributed by atoms with van der Waals surface area (Å²) in [5, 5.41) is 0. The molecule has 3 nitrogen and oxygen atoms in total. The number of nitrogens with zero attached hydrogens (tertiary/aromatic N) is 1. The maximum Gasteiger partial charge on any atom is 0.227 e. The summed E-state index contributed by atoms with van der Waals surface area (Å²) in [7, 11) is 0. The van der Waals surface area contributed by atoms with Gasteiger partial charge >= 0.3 is 0 Å². The second-order valence-corrected chi connectivity index (χ2v) is 5.83. The molecule has 0 aromatic heterocycles. The maximum atomic E-state index is 12.9. The summed E-state index contributed by atoms with van der Waals surface area (Å²) in [5.41, 5.74) is 6.74. The van der Waals surface area contributed by atoms with E-state index in [-0.39, 0.29) is 17.8 Å². The van der Waals surface area contributed by atoms with Gasteiger partial charge in [0, 0.05) is 12.6 Å². The van der Waals surface area contributed by atoms with Gasteiger partial charge in [0.05, 0.1) is 6.42 Å². The van der Waals surface area contributed by atoms with Gasteiger partial charge < -0.3 is 10.6 Å². The highest BCUT2D eigenvalue weighted by molar-refractivity contribution is 5.79. The molecule has 116 valence electrons. The lowest BCUT2D eigenvalue weighted by Gasteiger charge is -2.39. The maximum absolute atomic E-state index is 12.9. The van der Waals surface area contributed by atoms with Crippen LogP contribution in [0.3, 0.4) is 0 Å². The summed E-state index contributed by atoms with van der Waals surface area (Å²) in [4.78, 5) is 14.6. The topological polar surface area (TPSA) is 46.3 Å². The van der Waals surface area contributed by atoms with Crippen LogP contribution < -0.4 is 5.73 Å². The SMILES string of the molecule is CCN(C(=O)Cc1ccc(F)cc1)C1CCCCC1CN. The smallest absolute Gasteiger partial charge is 0.227 e. The molecule has 1 fully saturated rings. The highest BCUT2D eigenvalue weighted by Gasteiger charge is 2.31. The van der Waals surface area contributed by atoms with Crippen molar-refractivity contribution in [2.45, 2.75) is 45.1 Å². The van der Waals surface area contributed by atoms with Crippen molar-refractivity contribution in [3.8, 4) is 0 Å². The molecule has 2 rings (SSSR count). The third kappa shape index (κ3) is 4.03. The molecule has 0 radical (unpaired) electrons. The number of benzene rings is 1. The second kappa shape index (κ2) is 7.55. The zero-order chi connectivity index (χ0) is 15.2. The van der Waals surface area contributed by atoms with Crippen molar-refractivity contribution in [1.82, 2.24) is 4.90 Å². The zero-order valence-corrected chi connectivity index (χ0v) is 12.7. The molecule has 1 aliphatic carbocycles. The number of nitrogens with two attached hydrogens (primary N) is 1. The Morgan fingerprint density at radius 2 is 1.95 bits per heavy atom. The molecule has 2 atom stereocenters. The van der Waals surface area contributed by atoms with E-state index >= 15 is 0 Å². The predicted molar refractivity (Wildman–Crippen MR) is 82.3 cm³/mol. The van der Waals surface area contributed by atoms with Crippen LogP contribution in [-0.2, 0) is 11.2 Å². The summed E-state index contributed by atoms with van der Waals surface area (Å²) < 4.78 is 12.9. The average molecular weight is 292 g/mol. The van der Waals surface area contributed by atoms with Crippen LogP contribution >= 0.6 is 0 Å². The molecule has 0 bridgehead atoms. The van der Waals surface area contributed by atoms with Gasteiger partial charge in [-0.1, -0.05) is 25.0 Å². The first-order valence-electron chi connectivity index (χ1n) is 7.89.